The Morgan fingerprint density at radius 1 is 1.42 bits per heavy atom. The first-order valence-corrected chi connectivity index (χ1v) is 7.38. The van der Waals surface area contributed by atoms with E-state index in [0.717, 1.165) is 6.42 Å². The first kappa shape index (κ1) is 15.7. The van der Waals surface area contributed by atoms with Gasteiger partial charge in [-0.15, -0.1) is 0 Å². The Hall–Kier alpha value is -3.17. The van der Waals surface area contributed by atoms with E-state index in [1.54, 1.807) is 19.2 Å². The van der Waals surface area contributed by atoms with Crippen LogP contribution in [0.3, 0.4) is 0 Å². The number of nitrogens with zero attached hydrogens (tertiary/aromatic N) is 4. The maximum absolute atomic E-state index is 11.3. The first-order chi connectivity index (χ1) is 11.6. The third-order valence-corrected chi connectivity index (χ3v) is 3.77. The van der Waals surface area contributed by atoms with Crippen molar-refractivity contribution in [3.05, 3.63) is 34.4 Å². The van der Waals surface area contributed by atoms with Crippen LogP contribution in [0.4, 0.5) is 16.5 Å². The summed E-state index contributed by atoms with van der Waals surface area (Å²) in [4.78, 5) is 27.8. The molecule has 0 bridgehead atoms. The van der Waals surface area contributed by atoms with E-state index < -0.39 is 4.92 Å². The highest BCUT2D eigenvalue weighted by Gasteiger charge is 2.27. The minimum Gasteiger partial charge on any atom is -0.341 e. The maximum atomic E-state index is 11.3. The number of rotatable bonds is 4. The van der Waals surface area contributed by atoms with E-state index in [1.165, 1.54) is 12.1 Å². The molecule has 1 aliphatic rings. The third kappa shape index (κ3) is 3.26. The predicted octanol–water partition coefficient (Wildman–Crippen LogP) is 1.15. The zero-order valence-corrected chi connectivity index (χ0v) is 12.9. The lowest BCUT2D eigenvalue weighted by Gasteiger charge is -2.13. The van der Waals surface area contributed by atoms with Crippen molar-refractivity contribution in [3.63, 3.8) is 0 Å². The number of urea groups is 1. The largest absolute Gasteiger partial charge is 0.341 e. The molecule has 0 spiro atoms. The fraction of sp³-hybridized carbons (Fsp3) is 0.357. The summed E-state index contributed by atoms with van der Waals surface area (Å²) in [6.07, 6.45) is 0.780. The summed E-state index contributed by atoms with van der Waals surface area (Å²) >= 11 is 0. The Bertz CT molecular complexity index is 744. The summed E-state index contributed by atoms with van der Waals surface area (Å²) in [5.41, 5.74) is 0.639. The van der Waals surface area contributed by atoms with E-state index in [4.69, 9.17) is 4.52 Å². The minimum absolute atomic E-state index is 0.00475. The van der Waals surface area contributed by atoms with Gasteiger partial charge in [-0.05, 0) is 18.6 Å². The monoisotopic (exact) mass is 332 g/mol. The van der Waals surface area contributed by atoms with Crippen LogP contribution in [0, 0.1) is 10.1 Å². The van der Waals surface area contributed by atoms with Crippen molar-refractivity contribution >= 4 is 17.7 Å². The number of non-ortho nitro benzene ring substituents is 1. The van der Waals surface area contributed by atoms with E-state index in [0.29, 0.717) is 30.5 Å². The van der Waals surface area contributed by atoms with Crippen molar-refractivity contribution in [1.82, 2.24) is 20.8 Å². The number of nitrogens with one attached hydrogen (secondary N) is 2. The first-order valence-electron chi connectivity index (χ1n) is 7.38. The Labute approximate surface area is 137 Å². The van der Waals surface area contributed by atoms with E-state index in [-0.39, 0.29) is 17.8 Å². The molecule has 1 aliphatic heterocycles. The van der Waals surface area contributed by atoms with Crippen LogP contribution in [-0.4, -0.2) is 47.3 Å². The van der Waals surface area contributed by atoms with Gasteiger partial charge >= 0.3 is 12.0 Å². The summed E-state index contributed by atoms with van der Waals surface area (Å²) in [5.74, 6) is 0.364. The molecule has 24 heavy (non-hydrogen) atoms. The number of hydrogen-bond donors (Lipinski definition) is 2. The number of nitro benzene ring substituents is 1. The van der Waals surface area contributed by atoms with Crippen molar-refractivity contribution in [3.8, 4) is 11.4 Å². The van der Waals surface area contributed by atoms with E-state index in [2.05, 4.69) is 20.8 Å². The standard InChI is InChI=1S/C14H16N6O4/c1-15-13(21)16-10-6-7-19(8-10)14-17-12(18-24-14)9-2-4-11(5-3-9)20(22)23/h2-5,10H,6-8H2,1H3,(H2,15,16,21). The summed E-state index contributed by atoms with van der Waals surface area (Å²) in [7, 11) is 1.57. The molecule has 10 heteroatoms. The zero-order chi connectivity index (χ0) is 17.1. The highest BCUT2D eigenvalue weighted by Crippen LogP contribution is 2.24. The number of carbonyl (C=O) groups excluding carboxylic acids is 1. The molecule has 3 rings (SSSR count). The van der Waals surface area contributed by atoms with Crippen LogP contribution in [0.2, 0.25) is 0 Å². The van der Waals surface area contributed by atoms with Crippen LogP contribution in [0.1, 0.15) is 6.42 Å². The molecular formula is C14H16N6O4. The predicted molar refractivity (Wildman–Crippen MR) is 84.6 cm³/mol. The lowest BCUT2D eigenvalue weighted by atomic mass is 10.2. The van der Waals surface area contributed by atoms with Gasteiger partial charge in [0.25, 0.3) is 5.69 Å². The topological polar surface area (TPSA) is 126 Å². The molecule has 1 unspecified atom stereocenters. The smallest absolute Gasteiger partial charge is 0.324 e. The minimum atomic E-state index is -0.463. The van der Waals surface area contributed by atoms with Gasteiger partial charge < -0.3 is 20.1 Å². The summed E-state index contributed by atoms with van der Waals surface area (Å²) in [6, 6.07) is 6.09. The molecule has 0 aliphatic carbocycles. The molecule has 2 amide bonds. The number of carbonyl (C=O) groups is 1. The fourth-order valence-corrected chi connectivity index (χ4v) is 2.50. The highest BCUT2D eigenvalue weighted by atomic mass is 16.6. The molecule has 1 aromatic heterocycles. The second-order valence-corrected chi connectivity index (χ2v) is 5.36. The molecule has 126 valence electrons. The lowest BCUT2D eigenvalue weighted by molar-refractivity contribution is -0.384. The summed E-state index contributed by atoms with van der Waals surface area (Å²) < 4.78 is 5.26. The van der Waals surface area contributed by atoms with Crippen molar-refractivity contribution in [2.75, 3.05) is 25.0 Å². The third-order valence-electron chi connectivity index (χ3n) is 3.77. The van der Waals surface area contributed by atoms with Crippen molar-refractivity contribution in [2.24, 2.45) is 0 Å². The number of anilines is 1. The van der Waals surface area contributed by atoms with Crippen LogP contribution in [-0.2, 0) is 0 Å². The molecule has 2 aromatic rings. The summed E-state index contributed by atoms with van der Waals surface area (Å²) in [5, 5.41) is 19.9. The van der Waals surface area contributed by atoms with Crippen LogP contribution >= 0.6 is 0 Å². The highest BCUT2D eigenvalue weighted by molar-refractivity contribution is 5.74. The molecule has 0 saturated carbocycles. The van der Waals surface area contributed by atoms with Gasteiger partial charge in [-0.2, -0.15) is 4.98 Å². The SMILES string of the molecule is CNC(=O)NC1CCN(c2nc(-c3ccc([N+](=O)[O-])cc3)no2)C1. The van der Waals surface area contributed by atoms with Gasteiger partial charge in [0.05, 0.1) is 4.92 Å². The van der Waals surface area contributed by atoms with E-state index in [1.807, 2.05) is 4.90 Å². The Morgan fingerprint density at radius 3 is 2.83 bits per heavy atom. The molecule has 1 aromatic carbocycles. The lowest BCUT2D eigenvalue weighted by Crippen LogP contribution is -2.41. The van der Waals surface area contributed by atoms with E-state index >= 15 is 0 Å². The summed E-state index contributed by atoms with van der Waals surface area (Å²) in [6.45, 7) is 1.27. The molecule has 1 saturated heterocycles. The molecule has 1 fully saturated rings. The molecule has 0 radical (unpaired) electrons. The molecule has 2 N–H and O–H groups in total. The number of benzene rings is 1. The molecule has 1 atom stereocenters. The normalized spacial score (nSPS) is 16.9. The Kier molecular flexibility index (Phi) is 4.27. The van der Waals surface area contributed by atoms with Gasteiger partial charge in [0.2, 0.25) is 5.82 Å². The average Bonchev–Trinajstić information content (AvgIpc) is 3.24. The van der Waals surface area contributed by atoms with Crippen LogP contribution in [0.5, 0.6) is 0 Å². The molecule has 10 nitrogen and oxygen atoms in total. The Morgan fingerprint density at radius 2 is 2.17 bits per heavy atom. The average molecular weight is 332 g/mol. The van der Waals surface area contributed by atoms with Crippen LogP contribution in [0.15, 0.2) is 28.8 Å². The van der Waals surface area contributed by atoms with E-state index in [9.17, 15) is 14.9 Å². The number of amides is 2. The second-order valence-electron chi connectivity index (χ2n) is 5.36. The van der Waals surface area contributed by atoms with Gasteiger partial charge in [0.1, 0.15) is 0 Å². The van der Waals surface area contributed by atoms with Crippen molar-refractivity contribution in [2.45, 2.75) is 12.5 Å². The quantitative estimate of drug-likeness (QED) is 0.635. The van der Waals surface area contributed by atoms with Crippen molar-refractivity contribution in [1.29, 1.82) is 0 Å². The number of nitro groups is 1. The number of aromatic nitrogens is 2. The van der Waals surface area contributed by atoms with Crippen molar-refractivity contribution < 1.29 is 14.2 Å². The van der Waals surface area contributed by atoms with Gasteiger partial charge in [0, 0.05) is 43.9 Å². The second kappa shape index (κ2) is 6.52. The van der Waals surface area contributed by atoms with Crippen LogP contribution < -0.4 is 15.5 Å². The Balaban J connectivity index is 1.67. The molecule has 2 heterocycles. The van der Waals surface area contributed by atoms with Gasteiger partial charge in [0.15, 0.2) is 0 Å². The number of hydrogen-bond acceptors (Lipinski definition) is 7. The van der Waals surface area contributed by atoms with Gasteiger partial charge in [-0.3, -0.25) is 10.1 Å². The van der Waals surface area contributed by atoms with Crippen LogP contribution in [0.25, 0.3) is 11.4 Å². The van der Waals surface area contributed by atoms with Gasteiger partial charge in [-0.1, -0.05) is 5.16 Å². The zero-order valence-electron chi connectivity index (χ0n) is 12.9. The maximum Gasteiger partial charge on any atom is 0.324 e. The molecular weight excluding hydrogens is 316 g/mol. The fourth-order valence-electron chi connectivity index (χ4n) is 2.50. The van der Waals surface area contributed by atoms with Gasteiger partial charge in [-0.25, -0.2) is 4.79 Å².